The van der Waals surface area contributed by atoms with Crippen molar-refractivity contribution in [2.45, 2.75) is 6.92 Å². The van der Waals surface area contributed by atoms with E-state index in [1.807, 2.05) is 39.2 Å². The number of nitrogens with zero attached hydrogens (tertiary/aromatic N) is 2. The predicted octanol–water partition coefficient (Wildman–Crippen LogP) is 5.55. The maximum Gasteiger partial charge on any atom is 0.0791 e. The molecule has 0 atom stereocenters. The Balaban J connectivity index is 2.40. The first-order valence-electron chi connectivity index (χ1n) is 6.64. The van der Waals surface area contributed by atoms with E-state index in [0.717, 1.165) is 22.6 Å². The van der Waals surface area contributed by atoms with Crippen LogP contribution >= 0.6 is 34.8 Å². The largest absolute Gasteiger partial charge is 0.388 e. The van der Waals surface area contributed by atoms with Gasteiger partial charge in [0.25, 0.3) is 0 Å². The molecule has 6 heteroatoms. The summed E-state index contributed by atoms with van der Waals surface area (Å²) in [5, 5.41) is 11.3. The highest BCUT2D eigenvalue weighted by Gasteiger charge is 2.10. The molecule has 0 bridgehead atoms. The highest BCUT2D eigenvalue weighted by atomic mass is 35.5. The average Bonchev–Trinajstić information content (AvgIpc) is 2.49. The van der Waals surface area contributed by atoms with Crippen molar-refractivity contribution in [3.05, 3.63) is 57.0 Å². The summed E-state index contributed by atoms with van der Waals surface area (Å²) >= 11 is 18.3. The minimum atomic E-state index is 0.586. The monoisotopic (exact) mass is 355 g/mol. The van der Waals surface area contributed by atoms with Crippen molar-refractivity contribution < 1.29 is 0 Å². The van der Waals surface area contributed by atoms with Crippen LogP contribution in [0.25, 0.3) is 0 Å². The SMILES string of the molecule is CNc1ccc(Cl)cc1/C(C)=N/N(C)c1cc(Cl)ccc1Cl. The molecule has 0 aliphatic rings. The number of hydrazone groups is 1. The second-order valence-electron chi connectivity index (χ2n) is 4.74. The lowest BCUT2D eigenvalue weighted by molar-refractivity contribution is 1.01. The third-order valence-corrected chi connectivity index (χ3v) is 3.99. The molecule has 0 aliphatic heterocycles. The fraction of sp³-hybridized carbons (Fsp3) is 0.188. The summed E-state index contributed by atoms with van der Waals surface area (Å²) in [5.41, 5.74) is 3.43. The summed E-state index contributed by atoms with van der Waals surface area (Å²) in [5.74, 6) is 0. The van der Waals surface area contributed by atoms with Crippen molar-refractivity contribution in [1.82, 2.24) is 0 Å². The van der Waals surface area contributed by atoms with Crippen molar-refractivity contribution in [2.24, 2.45) is 5.10 Å². The quantitative estimate of drug-likeness (QED) is 0.574. The molecule has 0 unspecified atom stereocenters. The third-order valence-electron chi connectivity index (χ3n) is 3.20. The van der Waals surface area contributed by atoms with Gasteiger partial charge < -0.3 is 5.32 Å². The van der Waals surface area contributed by atoms with Gasteiger partial charge in [-0.3, -0.25) is 5.01 Å². The van der Waals surface area contributed by atoms with Crippen LogP contribution in [0.5, 0.6) is 0 Å². The number of benzene rings is 2. The van der Waals surface area contributed by atoms with Crippen molar-refractivity contribution in [2.75, 3.05) is 24.4 Å². The molecule has 0 aromatic heterocycles. The molecule has 0 saturated carbocycles. The lowest BCUT2D eigenvalue weighted by atomic mass is 10.1. The van der Waals surface area contributed by atoms with E-state index in [0.29, 0.717) is 15.1 Å². The van der Waals surface area contributed by atoms with Gasteiger partial charge in [0.05, 0.1) is 16.4 Å². The van der Waals surface area contributed by atoms with E-state index in [2.05, 4.69) is 10.4 Å². The molecule has 0 radical (unpaired) electrons. The van der Waals surface area contributed by atoms with Gasteiger partial charge >= 0.3 is 0 Å². The Labute approximate surface area is 145 Å². The molecule has 0 amide bonds. The number of halogens is 3. The van der Waals surface area contributed by atoms with E-state index in [1.54, 1.807) is 23.2 Å². The van der Waals surface area contributed by atoms with Crippen LogP contribution in [0.3, 0.4) is 0 Å². The van der Waals surface area contributed by atoms with Gasteiger partial charge in [-0.05, 0) is 43.3 Å². The van der Waals surface area contributed by atoms with Crippen molar-refractivity contribution in [1.29, 1.82) is 0 Å². The van der Waals surface area contributed by atoms with Crippen LogP contribution in [0.1, 0.15) is 12.5 Å². The van der Waals surface area contributed by atoms with Gasteiger partial charge in [-0.2, -0.15) is 5.10 Å². The maximum atomic E-state index is 6.20. The number of hydrogen-bond donors (Lipinski definition) is 1. The first-order valence-corrected chi connectivity index (χ1v) is 7.77. The molecule has 22 heavy (non-hydrogen) atoms. The molecule has 0 heterocycles. The van der Waals surface area contributed by atoms with E-state index in [9.17, 15) is 0 Å². The maximum absolute atomic E-state index is 6.20. The second kappa shape index (κ2) is 7.23. The molecular weight excluding hydrogens is 341 g/mol. The molecule has 2 rings (SSSR count). The third kappa shape index (κ3) is 3.86. The van der Waals surface area contributed by atoms with Gasteiger partial charge in [-0.15, -0.1) is 0 Å². The summed E-state index contributed by atoms with van der Waals surface area (Å²) in [6.45, 7) is 1.92. The van der Waals surface area contributed by atoms with Crippen LogP contribution in [0.4, 0.5) is 11.4 Å². The normalized spacial score (nSPS) is 11.5. The Morgan fingerprint density at radius 2 is 1.68 bits per heavy atom. The molecule has 0 fully saturated rings. The van der Waals surface area contributed by atoms with Crippen LogP contribution in [0, 0.1) is 0 Å². The molecule has 0 spiro atoms. The van der Waals surface area contributed by atoms with Crippen LogP contribution in [-0.2, 0) is 0 Å². The molecular formula is C16H16Cl3N3. The zero-order valence-electron chi connectivity index (χ0n) is 12.5. The molecule has 0 aliphatic carbocycles. The van der Waals surface area contributed by atoms with Crippen LogP contribution in [0.2, 0.25) is 15.1 Å². The summed E-state index contributed by atoms with van der Waals surface area (Å²) in [6.07, 6.45) is 0. The van der Waals surface area contributed by atoms with Gasteiger partial charge in [0.1, 0.15) is 0 Å². The summed E-state index contributed by atoms with van der Waals surface area (Å²) < 4.78 is 0. The lowest BCUT2D eigenvalue weighted by Crippen LogP contribution is -2.13. The average molecular weight is 357 g/mol. The van der Waals surface area contributed by atoms with Gasteiger partial charge in [-0.1, -0.05) is 34.8 Å². The van der Waals surface area contributed by atoms with Crippen LogP contribution in [0.15, 0.2) is 41.5 Å². The van der Waals surface area contributed by atoms with E-state index < -0.39 is 0 Å². The Kier molecular flexibility index (Phi) is 5.57. The van der Waals surface area contributed by atoms with E-state index in [4.69, 9.17) is 34.8 Å². The Hall–Kier alpha value is -1.42. The van der Waals surface area contributed by atoms with Crippen molar-refractivity contribution in [3.63, 3.8) is 0 Å². The fourth-order valence-corrected chi connectivity index (χ4v) is 2.68. The molecule has 0 saturated heterocycles. The Bertz CT molecular complexity index is 714. The van der Waals surface area contributed by atoms with Gasteiger partial charge in [0.15, 0.2) is 0 Å². The van der Waals surface area contributed by atoms with Crippen LogP contribution in [-0.4, -0.2) is 19.8 Å². The molecule has 116 valence electrons. The number of nitrogens with one attached hydrogen (secondary N) is 1. The number of rotatable bonds is 4. The van der Waals surface area contributed by atoms with E-state index in [1.165, 1.54) is 0 Å². The molecule has 1 N–H and O–H groups in total. The minimum absolute atomic E-state index is 0.586. The zero-order valence-corrected chi connectivity index (χ0v) is 14.8. The highest BCUT2D eigenvalue weighted by Crippen LogP contribution is 2.29. The number of hydrogen-bond acceptors (Lipinski definition) is 3. The first-order chi connectivity index (χ1) is 10.4. The highest BCUT2D eigenvalue weighted by molar-refractivity contribution is 6.35. The Morgan fingerprint density at radius 1 is 1.05 bits per heavy atom. The predicted molar refractivity (Wildman–Crippen MR) is 98.1 cm³/mol. The smallest absolute Gasteiger partial charge is 0.0791 e. The topological polar surface area (TPSA) is 27.6 Å². The Morgan fingerprint density at radius 3 is 2.36 bits per heavy atom. The summed E-state index contributed by atoms with van der Waals surface area (Å²) in [6, 6.07) is 10.9. The standard InChI is InChI=1S/C16H16Cl3N3/c1-10(13-8-11(17)5-7-15(13)20-2)21-22(3)16-9-12(18)4-6-14(16)19/h4-9,20H,1-3H3/b21-10+. The molecule has 2 aromatic carbocycles. The minimum Gasteiger partial charge on any atom is -0.388 e. The first kappa shape index (κ1) is 16.9. The summed E-state index contributed by atoms with van der Waals surface area (Å²) in [4.78, 5) is 0. The lowest BCUT2D eigenvalue weighted by Gasteiger charge is -2.17. The van der Waals surface area contributed by atoms with Gasteiger partial charge in [-0.25, -0.2) is 0 Å². The van der Waals surface area contributed by atoms with Crippen LogP contribution < -0.4 is 10.3 Å². The van der Waals surface area contributed by atoms with Gasteiger partial charge in [0, 0.05) is 35.4 Å². The van der Waals surface area contributed by atoms with Crippen molar-refractivity contribution in [3.8, 4) is 0 Å². The number of anilines is 2. The van der Waals surface area contributed by atoms with Crippen molar-refractivity contribution >= 4 is 51.9 Å². The van der Waals surface area contributed by atoms with Gasteiger partial charge in [0.2, 0.25) is 0 Å². The zero-order chi connectivity index (χ0) is 16.3. The molecule has 3 nitrogen and oxygen atoms in total. The summed E-state index contributed by atoms with van der Waals surface area (Å²) in [7, 11) is 3.68. The molecule has 2 aromatic rings. The van der Waals surface area contributed by atoms with E-state index >= 15 is 0 Å². The van der Waals surface area contributed by atoms with E-state index in [-0.39, 0.29) is 0 Å². The second-order valence-corrected chi connectivity index (χ2v) is 6.02. The fourth-order valence-electron chi connectivity index (χ4n) is 2.10.